The SMILES string of the molecule is CN1CCC(n2ncc(OC3CCCCC3)c2Cl)C1. The molecule has 0 radical (unpaired) electrons. The van der Waals surface area contributed by atoms with Crippen LogP contribution in [0, 0.1) is 0 Å². The van der Waals surface area contributed by atoms with Crippen LogP contribution in [0.2, 0.25) is 5.15 Å². The monoisotopic (exact) mass is 283 g/mol. The molecule has 1 saturated heterocycles. The molecule has 1 aliphatic carbocycles. The molecule has 0 spiro atoms. The van der Waals surface area contributed by atoms with Gasteiger partial charge in [-0.25, -0.2) is 4.68 Å². The van der Waals surface area contributed by atoms with E-state index in [0.29, 0.717) is 17.3 Å². The molecule has 0 N–H and O–H groups in total. The van der Waals surface area contributed by atoms with Crippen LogP contribution in [0.4, 0.5) is 0 Å². The number of hydrogen-bond acceptors (Lipinski definition) is 3. The van der Waals surface area contributed by atoms with Crippen molar-refractivity contribution in [2.45, 2.75) is 50.7 Å². The first kappa shape index (κ1) is 13.3. The van der Waals surface area contributed by atoms with Gasteiger partial charge in [0.2, 0.25) is 0 Å². The summed E-state index contributed by atoms with van der Waals surface area (Å²) in [6.07, 6.45) is 9.39. The van der Waals surface area contributed by atoms with Gasteiger partial charge in [-0.2, -0.15) is 5.10 Å². The van der Waals surface area contributed by atoms with Crippen molar-refractivity contribution in [1.82, 2.24) is 14.7 Å². The standard InChI is InChI=1S/C14H22ClN3O/c1-17-8-7-11(10-17)18-14(15)13(9-16-18)19-12-5-3-2-4-6-12/h9,11-12H,2-8,10H2,1H3. The Bertz CT molecular complexity index is 428. The highest BCUT2D eigenvalue weighted by atomic mass is 35.5. The lowest BCUT2D eigenvalue weighted by molar-refractivity contribution is 0.155. The molecule has 0 amide bonds. The van der Waals surface area contributed by atoms with E-state index in [0.717, 1.165) is 38.1 Å². The largest absolute Gasteiger partial charge is 0.486 e. The zero-order chi connectivity index (χ0) is 13.2. The minimum Gasteiger partial charge on any atom is -0.486 e. The molecule has 2 fully saturated rings. The highest BCUT2D eigenvalue weighted by Gasteiger charge is 2.26. The molecule has 0 bridgehead atoms. The number of likely N-dealkylation sites (N-methyl/N-ethyl adjacent to an activating group) is 1. The number of likely N-dealkylation sites (tertiary alicyclic amines) is 1. The smallest absolute Gasteiger partial charge is 0.176 e. The van der Waals surface area contributed by atoms with Gasteiger partial charge in [-0.3, -0.25) is 0 Å². The van der Waals surface area contributed by atoms with Gasteiger partial charge in [0, 0.05) is 6.54 Å². The fraction of sp³-hybridized carbons (Fsp3) is 0.786. The van der Waals surface area contributed by atoms with Gasteiger partial charge in [0.15, 0.2) is 10.9 Å². The van der Waals surface area contributed by atoms with Gasteiger partial charge in [0.1, 0.15) is 0 Å². The van der Waals surface area contributed by atoms with Gasteiger partial charge in [-0.1, -0.05) is 18.0 Å². The highest BCUT2D eigenvalue weighted by molar-refractivity contribution is 6.31. The molecule has 4 nitrogen and oxygen atoms in total. The van der Waals surface area contributed by atoms with E-state index in [2.05, 4.69) is 17.0 Å². The summed E-state index contributed by atoms with van der Waals surface area (Å²) in [7, 11) is 2.14. The average molecular weight is 284 g/mol. The third kappa shape index (κ3) is 2.90. The van der Waals surface area contributed by atoms with Crippen LogP contribution in [0.1, 0.15) is 44.6 Å². The Morgan fingerprint density at radius 1 is 1.26 bits per heavy atom. The maximum absolute atomic E-state index is 6.43. The van der Waals surface area contributed by atoms with Gasteiger partial charge in [0.25, 0.3) is 0 Å². The Morgan fingerprint density at radius 2 is 2.05 bits per heavy atom. The lowest BCUT2D eigenvalue weighted by Crippen LogP contribution is -2.20. The van der Waals surface area contributed by atoms with Gasteiger partial charge in [0.05, 0.1) is 18.3 Å². The van der Waals surface area contributed by atoms with Crippen LogP contribution in [-0.4, -0.2) is 40.9 Å². The van der Waals surface area contributed by atoms with E-state index in [1.807, 2.05) is 4.68 Å². The summed E-state index contributed by atoms with van der Waals surface area (Å²) in [5.74, 6) is 0.767. The predicted octanol–water partition coefficient (Wildman–Crippen LogP) is 3.12. The summed E-state index contributed by atoms with van der Waals surface area (Å²) in [6, 6.07) is 0.390. The van der Waals surface area contributed by atoms with Crippen LogP contribution in [-0.2, 0) is 0 Å². The molecule has 106 valence electrons. The van der Waals surface area contributed by atoms with E-state index in [9.17, 15) is 0 Å². The van der Waals surface area contributed by atoms with Crippen LogP contribution in [0.5, 0.6) is 5.75 Å². The van der Waals surface area contributed by atoms with Gasteiger partial charge >= 0.3 is 0 Å². The Labute approximate surface area is 119 Å². The molecule has 1 aromatic rings. The third-order valence-electron chi connectivity index (χ3n) is 4.26. The highest BCUT2D eigenvalue weighted by Crippen LogP contribution is 2.32. The van der Waals surface area contributed by atoms with Crippen molar-refractivity contribution >= 4 is 11.6 Å². The first-order chi connectivity index (χ1) is 9.24. The second kappa shape index (κ2) is 5.71. The molecule has 3 rings (SSSR count). The van der Waals surface area contributed by atoms with E-state index in [1.165, 1.54) is 19.3 Å². The molecule has 5 heteroatoms. The molecule has 2 aliphatic rings. The van der Waals surface area contributed by atoms with Crippen molar-refractivity contribution in [1.29, 1.82) is 0 Å². The Kier molecular flexibility index (Phi) is 3.99. The van der Waals surface area contributed by atoms with Crippen molar-refractivity contribution in [3.63, 3.8) is 0 Å². The zero-order valence-corrected chi connectivity index (χ0v) is 12.3. The molecule has 0 aromatic carbocycles. The Balaban J connectivity index is 1.68. The van der Waals surface area contributed by atoms with Crippen LogP contribution in [0.3, 0.4) is 0 Å². The van der Waals surface area contributed by atoms with E-state index in [1.54, 1.807) is 6.20 Å². The summed E-state index contributed by atoms with van der Waals surface area (Å²) < 4.78 is 7.96. The Hall–Kier alpha value is -0.740. The van der Waals surface area contributed by atoms with Crippen LogP contribution >= 0.6 is 11.6 Å². The van der Waals surface area contributed by atoms with Crippen LogP contribution in [0.25, 0.3) is 0 Å². The first-order valence-electron chi connectivity index (χ1n) is 7.32. The molecule has 2 heterocycles. The average Bonchev–Trinajstić information content (AvgIpc) is 2.99. The first-order valence-corrected chi connectivity index (χ1v) is 7.70. The minimum absolute atomic E-state index is 0.329. The number of halogens is 1. The predicted molar refractivity (Wildman–Crippen MR) is 75.9 cm³/mol. The van der Waals surface area contributed by atoms with Crippen LogP contribution in [0.15, 0.2) is 6.20 Å². The van der Waals surface area contributed by atoms with Gasteiger partial charge in [-0.15, -0.1) is 0 Å². The van der Waals surface area contributed by atoms with Crippen molar-refractivity contribution in [2.24, 2.45) is 0 Å². The molecule has 19 heavy (non-hydrogen) atoms. The lowest BCUT2D eigenvalue weighted by atomic mass is 9.98. The second-order valence-electron chi connectivity index (χ2n) is 5.83. The van der Waals surface area contributed by atoms with E-state index in [-0.39, 0.29) is 0 Å². The third-order valence-corrected chi connectivity index (χ3v) is 4.62. The fourth-order valence-corrected chi connectivity index (χ4v) is 3.41. The molecule has 1 atom stereocenters. The summed E-state index contributed by atoms with van der Waals surface area (Å²) >= 11 is 6.43. The second-order valence-corrected chi connectivity index (χ2v) is 6.18. The summed E-state index contributed by atoms with van der Waals surface area (Å²) in [5.41, 5.74) is 0. The molecular formula is C14H22ClN3O. The fourth-order valence-electron chi connectivity index (χ4n) is 3.14. The summed E-state index contributed by atoms with van der Waals surface area (Å²) in [6.45, 7) is 2.13. The van der Waals surface area contributed by atoms with Crippen molar-refractivity contribution in [3.05, 3.63) is 11.3 Å². The van der Waals surface area contributed by atoms with E-state index in [4.69, 9.17) is 16.3 Å². The zero-order valence-electron chi connectivity index (χ0n) is 11.5. The van der Waals surface area contributed by atoms with Crippen LogP contribution < -0.4 is 4.74 Å². The number of hydrogen-bond donors (Lipinski definition) is 0. The number of ether oxygens (including phenoxy) is 1. The molecule has 1 saturated carbocycles. The lowest BCUT2D eigenvalue weighted by Gasteiger charge is -2.22. The number of aromatic nitrogens is 2. The number of rotatable bonds is 3. The molecule has 1 unspecified atom stereocenters. The van der Waals surface area contributed by atoms with Gasteiger partial charge in [-0.05, 0) is 45.7 Å². The topological polar surface area (TPSA) is 30.3 Å². The summed E-state index contributed by atoms with van der Waals surface area (Å²) in [4.78, 5) is 2.31. The number of nitrogens with zero attached hydrogens (tertiary/aromatic N) is 3. The van der Waals surface area contributed by atoms with E-state index < -0.39 is 0 Å². The van der Waals surface area contributed by atoms with Crippen molar-refractivity contribution < 1.29 is 4.74 Å². The molecular weight excluding hydrogens is 262 g/mol. The summed E-state index contributed by atoms with van der Waals surface area (Å²) in [5, 5.41) is 5.10. The normalized spacial score (nSPS) is 25.9. The maximum atomic E-state index is 6.43. The van der Waals surface area contributed by atoms with E-state index >= 15 is 0 Å². The van der Waals surface area contributed by atoms with Crippen molar-refractivity contribution in [3.8, 4) is 5.75 Å². The molecule has 1 aliphatic heterocycles. The quantitative estimate of drug-likeness (QED) is 0.854. The van der Waals surface area contributed by atoms with Gasteiger partial charge < -0.3 is 9.64 Å². The maximum Gasteiger partial charge on any atom is 0.176 e. The Morgan fingerprint density at radius 3 is 2.74 bits per heavy atom. The van der Waals surface area contributed by atoms with Crippen molar-refractivity contribution in [2.75, 3.05) is 20.1 Å². The minimum atomic E-state index is 0.329. The molecule has 1 aromatic heterocycles.